The maximum atomic E-state index is 11.5. The molecule has 0 fully saturated rings. The lowest BCUT2D eigenvalue weighted by atomic mass is 10.2. The third kappa shape index (κ3) is 2.28. The highest BCUT2D eigenvalue weighted by Gasteiger charge is 2.15. The first-order valence-electron chi connectivity index (χ1n) is 5.02. The van der Waals surface area contributed by atoms with Crippen molar-refractivity contribution in [2.45, 2.75) is 13.3 Å². The molecule has 0 unspecified atom stereocenters. The summed E-state index contributed by atoms with van der Waals surface area (Å²) in [5.74, 6) is -0.195. The van der Waals surface area contributed by atoms with E-state index in [1.807, 2.05) is 24.3 Å². The van der Waals surface area contributed by atoms with Crippen LogP contribution in [0, 0.1) is 0 Å². The van der Waals surface area contributed by atoms with Gasteiger partial charge < -0.3 is 10.6 Å². The van der Waals surface area contributed by atoms with Gasteiger partial charge in [0.25, 0.3) is 0 Å². The quantitative estimate of drug-likeness (QED) is 0.705. The second-order valence-corrected chi connectivity index (χ2v) is 3.68. The molecule has 0 saturated heterocycles. The Balaban J connectivity index is 2.38. The Morgan fingerprint density at radius 1 is 1.25 bits per heavy atom. The Bertz CT molecular complexity index is 478. The van der Waals surface area contributed by atoms with Crippen LogP contribution in [-0.4, -0.2) is 11.7 Å². The summed E-state index contributed by atoms with van der Waals surface area (Å²) in [6.07, 6.45) is 1.63. The van der Waals surface area contributed by atoms with Crippen LogP contribution < -0.4 is 10.6 Å². The van der Waals surface area contributed by atoms with Crippen LogP contribution in [0.25, 0.3) is 0 Å². The Morgan fingerprint density at radius 3 is 2.50 bits per heavy atom. The summed E-state index contributed by atoms with van der Waals surface area (Å²) in [6.45, 7) is 1.46. The molecule has 0 saturated carbocycles. The molecule has 16 heavy (non-hydrogen) atoms. The topological polar surface area (TPSA) is 58.2 Å². The Hall–Kier alpha value is -2.10. The summed E-state index contributed by atoms with van der Waals surface area (Å²) in [6, 6.07) is 7.39. The fourth-order valence-electron chi connectivity index (χ4n) is 1.62. The van der Waals surface area contributed by atoms with Gasteiger partial charge in [-0.2, -0.15) is 0 Å². The zero-order valence-electron chi connectivity index (χ0n) is 8.91. The number of amides is 1. The SMILES string of the molecule is CC(=O)C=C1CC(=O)Nc2ccccc2N1. The first-order chi connectivity index (χ1) is 7.65. The predicted molar refractivity (Wildman–Crippen MR) is 62.1 cm³/mol. The average molecular weight is 216 g/mol. The van der Waals surface area contributed by atoms with Crippen LogP contribution in [-0.2, 0) is 9.59 Å². The second-order valence-electron chi connectivity index (χ2n) is 3.68. The molecule has 0 radical (unpaired) electrons. The highest BCUT2D eigenvalue weighted by atomic mass is 16.1. The molecule has 4 nitrogen and oxygen atoms in total. The monoisotopic (exact) mass is 216 g/mol. The number of ketones is 1. The third-order valence-electron chi connectivity index (χ3n) is 2.22. The van der Waals surface area contributed by atoms with E-state index in [2.05, 4.69) is 10.6 Å². The van der Waals surface area contributed by atoms with Crippen LogP contribution in [0.1, 0.15) is 13.3 Å². The first kappa shape index (κ1) is 10.4. The largest absolute Gasteiger partial charge is 0.357 e. The van der Waals surface area contributed by atoms with Crippen LogP contribution >= 0.6 is 0 Å². The molecule has 1 amide bonds. The van der Waals surface area contributed by atoms with E-state index < -0.39 is 0 Å². The molecule has 0 aliphatic carbocycles. The highest BCUT2D eigenvalue weighted by Crippen LogP contribution is 2.26. The van der Waals surface area contributed by atoms with Gasteiger partial charge in [0.15, 0.2) is 5.78 Å². The van der Waals surface area contributed by atoms with Gasteiger partial charge >= 0.3 is 0 Å². The molecule has 2 rings (SSSR count). The Morgan fingerprint density at radius 2 is 1.88 bits per heavy atom. The lowest BCUT2D eigenvalue weighted by Crippen LogP contribution is -2.10. The first-order valence-corrected chi connectivity index (χ1v) is 5.02. The fraction of sp³-hybridized carbons (Fsp3) is 0.167. The van der Waals surface area contributed by atoms with Gasteiger partial charge in [-0.15, -0.1) is 0 Å². The molecule has 1 heterocycles. The van der Waals surface area contributed by atoms with Gasteiger partial charge in [0.1, 0.15) is 0 Å². The van der Waals surface area contributed by atoms with E-state index in [1.54, 1.807) is 0 Å². The summed E-state index contributed by atoms with van der Waals surface area (Å²) in [5.41, 5.74) is 2.16. The summed E-state index contributed by atoms with van der Waals surface area (Å²) in [5, 5.41) is 5.85. The maximum Gasteiger partial charge on any atom is 0.230 e. The van der Waals surface area contributed by atoms with Crippen LogP contribution in [0.15, 0.2) is 36.0 Å². The minimum absolute atomic E-state index is 0.0744. The smallest absolute Gasteiger partial charge is 0.230 e. The number of anilines is 2. The summed E-state index contributed by atoms with van der Waals surface area (Å²) in [4.78, 5) is 22.5. The number of allylic oxidation sites excluding steroid dienone is 1. The molecule has 1 aliphatic heterocycles. The van der Waals surface area contributed by atoms with Gasteiger partial charge in [0, 0.05) is 11.8 Å². The molecule has 1 aliphatic rings. The normalized spacial score (nSPS) is 17.1. The number of carbonyl (C=O) groups is 2. The van der Waals surface area contributed by atoms with E-state index in [0.717, 1.165) is 11.4 Å². The van der Waals surface area contributed by atoms with Crippen molar-refractivity contribution >= 4 is 23.1 Å². The van der Waals surface area contributed by atoms with Gasteiger partial charge in [-0.25, -0.2) is 0 Å². The summed E-state index contributed by atoms with van der Waals surface area (Å²) >= 11 is 0. The van der Waals surface area contributed by atoms with Crippen LogP contribution in [0.3, 0.4) is 0 Å². The predicted octanol–water partition coefficient (Wildman–Crippen LogP) is 1.91. The van der Waals surface area contributed by atoms with Crippen molar-refractivity contribution < 1.29 is 9.59 Å². The molecule has 0 bridgehead atoms. The van der Waals surface area contributed by atoms with Crippen molar-refractivity contribution in [1.82, 2.24) is 0 Å². The molecule has 1 aromatic rings. The summed E-state index contributed by atoms with van der Waals surface area (Å²) < 4.78 is 0. The highest BCUT2D eigenvalue weighted by molar-refractivity contribution is 5.99. The molecule has 0 spiro atoms. The molecular formula is C12H12N2O2. The number of nitrogens with one attached hydrogen (secondary N) is 2. The molecular weight excluding hydrogens is 204 g/mol. The van der Waals surface area contributed by atoms with E-state index in [0.29, 0.717) is 5.70 Å². The van der Waals surface area contributed by atoms with Crippen molar-refractivity contribution in [2.24, 2.45) is 0 Å². The van der Waals surface area contributed by atoms with E-state index in [1.165, 1.54) is 13.0 Å². The molecule has 0 atom stereocenters. The van der Waals surface area contributed by atoms with Crippen LogP contribution in [0.5, 0.6) is 0 Å². The zero-order chi connectivity index (χ0) is 11.5. The van der Waals surface area contributed by atoms with Gasteiger partial charge in [0.2, 0.25) is 5.91 Å². The lowest BCUT2D eigenvalue weighted by molar-refractivity contribution is -0.115. The molecule has 82 valence electrons. The van der Waals surface area contributed by atoms with E-state index in [-0.39, 0.29) is 18.1 Å². The maximum absolute atomic E-state index is 11.5. The number of para-hydroxylation sites is 2. The average Bonchev–Trinajstić information content (AvgIpc) is 2.33. The van der Waals surface area contributed by atoms with Gasteiger partial charge in [-0.3, -0.25) is 9.59 Å². The molecule has 2 N–H and O–H groups in total. The van der Waals surface area contributed by atoms with Crippen molar-refractivity contribution in [3.8, 4) is 0 Å². The third-order valence-corrected chi connectivity index (χ3v) is 2.22. The Kier molecular flexibility index (Phi) is 2.72. The van der Waals surface area contributed by atoms with Crippen LogP contribution in [0.4, 0.5) is 11.4 Å². The Labute approximate surface area is 93.3 Å². The lowest BCUT2D eigenvalue weighted by Gasteiger charge is -2.07. The number of carbonyl (C=O) groups excluding carboxylic acids is 2. The fourth-order valence-corrected chi connectivity index (χ4v) is 1.62. The number of rotatable bonds is 1. The van der Waals surface area contributed by atoms with Crippen molar-refractivity contribution in [2.75, 3.05) is 10.6 Å². The van der Waals surface area contributed by atoms with E-state index in [9.17, 15) is 9.59 Å². The minimum atomic E-state index is -0.120. The number of fused-ring (bicyclic) bond motifs is 1. The van der Waals surface area contributed by atoms with E-state index in [4.69, 9.17) is 0 Å². The number of benzene rings is 1. The molecule has 4 heteroatoms. The standard InChI is InChI=1S/C12H12N2O2/c1-8(15)6-9-7-12(16)14-11-5-3-2-4-10(11)13-9/h2-6,13H,7H2,1H3,(H,14,16). The van der Waals surface area contributed by atoms with Crippen molar-refractivity contribution in [3.63, 3.8) is 0 Å². The van der Waals surface area contributed by atoms with Crippen LogP contribution in [0.2, 0.25) is 0 Å². The molecule has 1 aromatic carbocycles. The van der Waals surface area contributed by atoms with Gasteiger partial charge in [0.05, 0.1) is 17.8 Å². The van der Waals surface area contributed by atoms with Crippen molar-refractivity contribution in [1.29, 1.82) is 0 Å². The number of hydrogen-bond acceptors (Lipinski definition) is 3. The van der Waals surface area contributed by atoms with Gasteiger partial charge in [-0.1, -0.05) is 12.1 Å². The van der Waals surface area contributed by atoms with Crippen molar-refractivity contribution in [3.05, 3.63) is 36.0 Å². The van der Waals surface area contributed by atoms with Gasteiger partial charge in [-0.05, 0) is 19.1 Å². The zero-order valence-corrected chi connectivity index (χ0v) is 8.91. The van der Waals surface area contributed by atoms with E-state index >= 15 is 0 Å². The molecule has 0 aromatic heterocycles. The second kappa shape index (κ2) is 4.18. The number of hydrogen-bond donors (Lipinski definition) is 2. The summed E-state index contributed by atoms with van der Waals surface area (Å²) in [7, 11) is 0. The minimum Gasteiger partial charge on any atom is -0.357 e.